The molecule has 0 radical (unpaired) electrons. The number of alkyl halides is 3. The Hall–Kier alpha value is -3.55. The number of carboxylic acid groups (broad SMARTS) is 1. The monoisotopic (exact) mass is 508 g/mol. The molecule has 0 amide bonds. The number of ether oxygens (including phenoxy) is 1. The first-order chi connectivity index (χ1) is 17.1. The SMILES string of the molecule is CC(C)c1nn(CCOCC(F)(F)F)c2c(Nc3ccncn3)nc(N3CCC[C@@H](C(=O)O)C3)nc12. The lowest BCUT2D eigenvalue weighted by atomic mass is 9.99. The van der Waals surface area contributed by atoms with Crippen LogP contribution in [-0.2, 0) is 16.1 Å². The molecule has 0 aliphatic carbocycles. The Morgan fingerprint density at radius 2 is 2.14 bits per heavy atom. The first-order valence-electron chi connectivity index (χ1n) is 11.6. The number of halogens is 3. The Balaban J connectivity index is 1.76. The number of aliphatic carboxylic acids is 1. The molecule has 3 aromatic heterocycles. The van der Waals surface area contributed by atoms with Gasteiger partial charge < -0.3 is 20.1 Å². The van der Waals surface area contributed by atoms with E-state index < -0.39 is 24.7 Å². The number of anilines is 3. The van der Waals surface area contributed by atoms with Gasteiger partial charge in [0.1, 0.15) is 29.8 Å². The van der Waals surface area contributed by atoms with Gasteiger partial charge in [0, 0.05) is 19.3 Å². The maximum atomic E-state index is 12.5. The average Bonchev–Trinajstić information content (AvgIpc) is 3.21. The van der Waals surface area contributed by atoms with E-state index in [9.17, 15) is 23.1 Å². The van der Waals surface area contributed by atoms with Crippen molar-refractivity contribution in [3.05, 3.63) is 24.3 Å². The zero-order valence-electron chi connectivity index (χ0n) is 19.9. The average molecular weight is 509 g/mol. The van der Waals surface area contributed by atoms with Crippen LogP contribution in [0.1, 0.15) is 38.3 Å². The predicted molar refractivity (Wildman–Crippen MR) is 124 cm³/mol. The zero-order chi connectivity index (χ0) is 25.9. The molecule has 14 heteroatoms. The van der Waals surface area contributed by atoms with Gasteiger partial charge in [0.05, 0.1) is 24.8 Å². The van der Waals surface area contributed by atoms with E-state index in [4.69, 9.17) is 9.72 Å². The molecular formula is C22H27F3N8O3. The molecule has 1 fully saturated rings. The van der Waals surface area contributed by atoms with Crippen molar-refractivity contribution >= 4 is 34.6 Å². The second-order valence-corrected chi connectivity index (χ2v) is 8.84. The highest BCUT2D eigenvalue weighted by molar-refractivity contribution is 5.90. The summed E-state index contributed by atoms with van der Waals surface area (Å²) in [6.45, 7) is 3.22. The van der Waals surface area contributed by atoms with Crippen molar-refractivity contribution in [2.45, 2.75) is 45.3 Å². The topological polar surface area (TPSA) is 131 Å². The highest BCUT2D eigenvalue weighted by Crippen LogP contribution is 2.32. The van der Waals surface area contributed by atoms with Crippen LogP contribution in [0.3, 0.4) is 0 Å². The van der Waals surface area contributed by atoms with E-state index in [1.165, 1.54) is 11.0 Å². The first-order valence-corrected chi connectivity index (χ1v) is 11.6. The Morgan fingerprint density at radius 3 is 2.81 bits per heavy atom. The van der Waals surface area contributed by atoms with Crippen LogP contribution < -0.4 is 10.2 Å². The number of fused-ring (bicyclic) bond motifs is 1. The van der Waals surface area contributed by atoms with Gasteiger partial charge in [-0.25, -0.2) is 15.0 Å². The lowest BCUT2D eigenvalue weighted by molar-refractivity contribution is -0.174. The van der Waals surface area contributed by atoms with Crippen LogP contribution in [-0.4, -0.2) is 73.3 Å². The van der Waals surface area contributed by atoms with Gasteiger partial charge >= 0.3 is 12.1 Å². The van der Waals surface area contributed by atoms with Crippen molar-refractivity contribution in [2.24, 2.45) is 5.92 Å². The Kier molecular flexibility index (Phi) is 7.52. The lowest BCUT2D eigenvalue weighted by Gasteiger charge is -2.31. The molecule has 0 bridgehead atoms. The molecule has 3 aromatic rings. The van der Waals surface area contributed by atoms with E-state index in [0.717, 1.165) is 0 Å². The molecule has 0 unspecified atom stereocenters. The van der Waals surface area contributed by atoms with Gasteiger partial charge in [0.2, 0.25) is 5.95 Å². The number of hydrogen-bond acceptors (Lipinski definition) is 9. The number of aromatic nitrogens is 6. The normalized spacial score (nSPS) is 16.6. The van der Waals surface area contributed by atoms with E-state index in [1.54, 1.807) is 12.3 Å². The van der Waals surface area contributed by atoms with Crippen molar-refractivity contribution < 1.29 is 27.8 Å². The maximum Gasteiger partial charge on any atom is 0.411 e. The minimum Gasteiger partial charge on any atom is -0.481 e. The van der Waals surface area contributed by atoms with Gasteiger partial charge in [-0.05, 0) is 24.8 Å². The number of hydrogen-bond donors (Lipinski definition) is 2. The standard InChI is InChI=1S/C22H27F3N8O3/c1-13(2)16-17-18(33(31-16)8-9-36-11-22(23,24)25)19(28-15-5-6-26-12-27-15)30-21(29-17)32-7-3-4-14(10-32)20(34)35/h5-6,12-14H,3-4,7-11H2,1-2H3,(H,34,35)(H,26,27,28,29,30)/t14-/m1/s1. The second-order valence-electron chi connectivity index (χ2n) is 8.84. The number of nitrogens with zero attached hydrogens (tertiary/aromatic N) is 7. The summed E-state index contributed by atoms with van der Waals surface area (Å²) in [6, 6.07) is 1.64. The highest BCUT2D eigenvalue weighted by Gasteiger charge is 2.30. The van der Waals surface area contributed by atoms with E-state index in [1.807, 2.05) is 18.7 Å². The van der Waals surface area contributed by atoms with Gasteiger partial charge in [-0.15, -0.1) is 0 Å². The molecule has 1 atom stereocenters. The molecule has 4 rings (SSSR count). The fourth-order valence-electron chi connectivity index (χ4n) is 4.06. The van der Waals surface area contributed by atoms with Gasteiger partial charge in [-0.3, -0.25) is 9.48 Å². The quantitative estimate of drug-likeness (QED) is 0.415. The lowest BCUT2D eigenvalue weighted by Crippen LogP contribution is -2.39. The summed E-state index contributed by atoms with van der Waals surface area (Å²) in [5.41, 5.74) is 1.66. The van der Waals surface area contributed by atoms with Crippen molar-refractivity contribution in [2.75, 3.05) is 36.5 Å². The summed E-state index contributed by atoms with van der Waals surface area (Å²) in [7, 11) is 0. The number of nitrogens with one attached hydrogen (secondary N) is 1. The molecule has 0 aromatic carbocycles. The van der Waals surface area contributed by atoms with Crippen molar-refractivity contribution in [1.29, 1.82) is 0 Å². The zero-order valence-corrected chi connectivity index (χ0v) is 19.9. The van der Waals surface area contributed by atoms with Gasteiger partial charge in [0.15, 0.2) is 5.82 Å². The second kappa shape index (κ2) is 10.6. The van der Waals surface area contributed by atoms with Crippen LogP contribution >= 0.6 is 0 Å². The van der Waals surface area contributed by atoms with Gasteiger partial charge in [-0.2, -0.15) is 23.3 Å². The third-order valence-electron chi connectivity index (χ3n) is 5.74. The fraction of sp³-hybridized carbons (Fsp3) is 0.545. The van der Waals surface area contributed by atoms with Crippen LogP contribution in [0.25, 0.3) is 11.0 Å². The van der Waals surface area contributed by atoms with Crippen LogP contribution in [0.2, 0.25) is 0 Å². The maximum absolute atomic E-state index is 12.5. The molecule has 0 saturated carbocycles. The summed E-state index contributed by atoms with van der Waals surface area (Å²) in [4.78, 5) is 30.9. The van der Waals surface area contributed by atoms with Gasteiger partial charge in [-0.1, -0.05) is 13.8 Å². The summed E-state index contributed by atoms with van der Waals surface area (Å²) < 4.78 is 43.9. The molecule has 194 valence electrons. The molecule has 0 spiro atoms. The number of carboxylic acids is 1. The van der Waals surface area contributed by atoms with E-state index in [2.05, 4.69) is 25.4 Å². The van der Waals surface area contributed by atoms with E-state index in [-0.39, 0.29) is 25.6 Å². The minimum absolute atomic E-state index is 0.0469. The van der Waals surface area contributed by atoms with Gasteiger partial charge in [0.25, 0.3) is 0 Å². The van der Waals surface area contributed by atoms with Crippen LogP contribution in [0, 0.1) is 5.92 Å². The van der Waals surface area contributed by atoms with E-state index in [0.29, 0.717) is 53.7 Å². The molecule has 1 saturated heterocycles. The molecule has 36 heavy (non-hydrogen) atoms. The Bertz CT molecular complexity index is 1200. The van der Waals surface area contributed by atoms with Crippen LogP contribution in [0.15, 0.2) is 18.6 Å². The largest absolute Gasteiger partial charge is 0.481 e. The van der Waals surface area contributed by atoms with Crippen LogP contribution in [0.5, 0.6) is 0 Å². The summed E-state index contributed by atoms with van der Waals surface area (Å²) in [6.07, 6.45) is -0.244. The van der Waals surface area contributed by atoms with Crippen molar-refractivity contribution in [3.63, 3.8) is 0 Å². The third-order valence-corrected chi connectivity index (χ3v) is 5.74. The third kappa shape index (κ3) is 5.98. The molecule has 4 heterocycles. The van der Waals surface area contributed by atoms with Crippen molar-refractivity contribution in [3.8, 4) is 0 Å². The summed E-state index contributed by atoms with van der Waals surface area (Å²) >= 11 is 0. The molecule has 11 nitrogen and oxygen atoms in total. The minimum atomic E-state index is -4.42. The number of carbonyl (C=O) groups is 1. The van der Waals surface area contributed by atoms with E-state index >= 15 is 0 Å². The number of piperidine rings is 1. The summed E-state index contributed by atoms with van der Waals surface area (Å²) in [5, 5.41) is 17.3. The predicted octanol–water partition coefficient (Wildman–Crippen LogP) is 3.36. The smallest absolute Gasteiger partial charge is 0.411 e. The van der Waals surface area contributed by atoms with Crippen molar-refractivity contribution in [1.82, 2.24) is 29.7 Å². The molecule has 1 aliphatic rings. The highest BCUT2D eigenvalue weighted by atomic mass is 19.4. The summed E-state index contributed by atoms with van der Waals surface area (Å²) in [5.74, 6) is -0.303. The Labute approximate surface area is 204 Å². The molecule has 1 aliphatic heterocycles. The molecular weight excluding hydrogens is 481 g/mol. The fourth-order valence-corrected chi connectivity index (χ4v) is 4.06. The first kappa shape index (κ1) is 25.5. The Morgan fingerprint density at radius 1 is 1.33 bits per heavy atom. The number of rotatable bonds is 9. The van der Waals surface area contributed by atoms with Crippen LogP contribution in [0.4, 0.5) is 30.8 Å². The molecule has 2 N–H and O–H groups in total.